The fourth-order valence-corrected chi connectivity index (χ4v) is 3.47. The number of hydrogen-bond donors (Lipinski definition) is 1. The Morgan fingerprint density at radius 1 is 0.818 bits per heavy atom. The van der Waals surface area contributed by atoms with Crippen LogP contribution in [0.25, 0.3) is 21.5 Å². The van der Waals surface area contributed by atoms with E-state index in [1.54, 1.807) is 12.1 Å². The lowest BCUT2D eigenvalue weighted by Gasteiger charge is -2.16. The highest BCUT2D eigenvalue weighted by atomic mass is 32.2. The zero-order valence-corrected chi connectivity index (χ0v) is 12.8. The molecular weight excluding hydrogens is 304 g/mol. The van der Waals surface area contributed by atoms with E-state index in [1.807, 2.05) is 24.3 Å². The summed E-state index contributed by atoms with van der Waals surface area (Å²) in [6.45, 7) is 0. The Morgan fingerprint density at radius 2 is 1.36 bits per heavy atom. The monoisotopic (exact) mass is 318 g/mol. The predicted molar refractivity (Wildman–Crippen MR) is 84.4 cm³/mol. The first-order valence-corrected chi connectivity index (χ1v) is 7.96. The van der Waals surface area contributed by atoms with Crippen LogP contribution in [0, 0.1) is 0 Å². The molecule has 3 rings (SSSR count). The molecule has 0 aliphatic heterocycles. The Kier molecular flexibility index (Phi) is 3.42. The maximum Gasteiger partial charge on any atom is 0.295 e. The second-order valence-corrected chi connectivity index (χ2v) is 6.16. The van der Waals surface area contributed by atoms with Crippen LogP contribution in [0.3, 0.4) is 0 Å². The van der Waals surface area contributed by atoms with Gasteiger partial charge in [-0.05, 0) is 6.07 Å². The number of methoxy groups -OCH3 is 2. The van der Waals surface area contributed by atoms with Crippen LogP contribution >= 0.6 is 0 Å². The first kappa shape index (κ1) is 14.6. The van der Waals surface area contributed by atoms with E-state index in [9.17, 15) is 13.0 Å². The van der Waals surface area contributed by atoms with Gasteiger partial charge in [0.1, 0.15) is 16.4 Å². The number of fused-ring (bicyclic) bond motifs is 2. The number of benzene rings is 3. The van der Waals surface area contributed by atoms with E-state index in [0.29, 0.717) is 27.7 Å². The van der Waals surface area contributed by atoms with Crippen LogP contribution in [0.15, 0.2) is 47.4 Å². The second kappa shape index (κ2) is 5.15. The third-order valence-corrected chi connectivity index (χ3v) is 4.50. The summed E-state index contributed by atoms with van der Waals surface area (Å²) in [7, 11) is -1.40. The van der Waals surface area contributed by atoms with Crippen LogP contribution in [0.5, 0.6) is 11.5 Å². The predicted octanol–water partition coefficient (Wildman–Crippen LogP) is 3.26. The first-order chi connectivity index (χ1) is 10.5. The topological polar surface area (TPSA) is 72.8 Å². The van der Waals surface area contributed by atoms with Gasteiger partial charge in [0.15, 0.2) is 0 Å². The molecule has 0 heterocycles. The molecular formula is C16H14O5S. The highest BCUT2D eigenvalue weighted by Crippen LogP contribution is 2.44. The SMILES string of the molecule is COc1c2ccccc2c(OC)c2c(S(=O)(=O)O)cccc12. The summed E-state index contributed by atoms with van der Waals surface area (Å²) in [5.74, 6) is 0.927. The largest absolute Gasteiger partial charge is 0.495 e. The molecule has 3 aromatic rings. The molecule has 6 heteroatoms. The van der Waals surface area contributed by atoms with Gasteiger partial charge in [-0.2, -0.15) is 8.42 Å². The van der Waals surface area contributed by atoms with Gasteiger partial charge >= 0.3 is 0 Å². The molecule has 0 unspecified atom stereocenters. The molecule has 0 fully saturated rings. The van der Waals surface area contributed by atoms with Crippen molar-refractivity contribution in [3.8, 4) is 11.5 Å². The second-order valence-electron chi connectivity index (χ2n) is 4.77. The van der Waals surface area contributed by atoms with Crippen LogP contribution in [0.2, 0.25) is 0 Å². The summed E-state index contributed by atoms with van der Waals surface area (Å²) in [5.41, 5.74) is 0. The minimum atomic E-state index is -4.39. The molecule has 0 saturated carbocycles. The number of ether oxygens (including phenoxy) is 2. The Hall–Kier alpha value is -2.31. The Morgan fingerprint density at radius 3 is 1.91 bits per heavy atom. The lowest BCUT2D eigenvalue weighted by molar-refractivity contribution is 0.417. The fraction of sp³-hybridized carbons (Fsp3) is 0.125. The van der Waals surface area contributed by atoms with Crippen molar-refractivity contribution in [2.45, 2.75) is 4.90 Å². The van der Waals surface area contributed by atoms with E-state index < -0.39 is 10.1 Å². The van der Waals surface area contributed by atoms with Crippen molar-refractivity contribution >= 4 is 31.7 Å². The zero-order chi connectivity index (χ0) is 15.9. The van der Waals surface area contributed by atoms with Crippen molar-refractivity contribution in [2.24, 2.45) is 0 Å². The van der Waals surface area contributed by atoms with Crippen LogP contribution < -0.4 is 9.47 Å². The zero-order valence-electron chi connectivity index (χ0n) is 12.0. The van der Waals surface area contributed by atoms with Crippen LogP contribution in [0.4, 0.5) is 0 Å². The maximum absolute atomic E-state index is 11.7. The van der Waals surface area contributed by atoms with Gasteiger partial charge in [-0.1, -0.05) is 36.4 Å². The molecule has 0 atom stereocenters. The van der Waals surface area contributed by atoms with E-state index in [1.165, 1.54) is 20.3 Å². The molecule has 0 bridgehead atoms. The summed E-state index contributed by atoms with van der Waals surface area (Å²) in [6, 6.07) is 12.0. The summed E-state index contributed by atoms with van der Waals surface area (Å²) < 4.78 is 43.9. The van der Waals surface area contributed by atoms with E-state index in [2.05, 4.69) is 0 Å². The summed E-state index contributed by atoms with van der Waals surface area (Å²) in [4.78, 5) is -0.203. The molecule has 0 radical (unpaired) electrons. The van der Waals surface area contributed by atoms with Gasteiger partial charge in [-0.3, -0.25) is 4.55 Å². The smallest absolute Gasteiger partial charge is 0.295 e. The van der Waals surface area contributed by atoms with Gasteiger partial charge in [-0.15, -0.1) is 0 Å². The molecule has 0 aliphatic carbocycles. The Labute approximate surface area is 127 Å². The number of hydrogen-bond acceptors (Lipinski definition) is 4. The Bertz CT molecular complexity index is 977. The first-order valence-electron chi connectivity index (χ1n) is 6.52. The molecule has 3 aromatic carbocycles. The van der Waals surface area contributed by atoms with E-state index in [-0.39, 0.29) is 4.90 Å². The van der Waals surface area contributed by atoms with Crippen molar-refractivity contribution in [1.29, 1.82) is 0 Å². The average molecular weight is 318 g/mol. The number of rotatable bonds is 3. The lowest BCUT2D eigenvalue weighted by Crippen LogP contribution is -2.02. The van der Waals surface area contributed by atoms with Crippen molar-refractivity contribution in [1.82, 2.24) is 0 Å². The van der Waals surface area contributed by atoms with Crippen LogP contribution in [0.1, 0.15) is 0 Å². The van der Waals surface area contributed by atoms with Crippen molar-refractivity contribution in [3.63, 3.8) is 0 Å². The molecule has 114 valence electrons. The highest BCUT2D eigenvalue weighted by Gasteiger charge is 2.22. The van der Waals surface area contributed by atoms with Gasteiger partial charge in [0.2, 0.25) is 0 Å². The molecule has 0 amide bonds. The fourth-order valence-electron chi connectivity index (χ4n) is 2.76. The van der Waals surface area contributed by atoms with Crippen LogP contribution in [-0.4, -0.2) is 27.2 Å². The lowest BCUT2D eigenvalue weighted by atomic mass is 10.0. The van der Waals surface area contributed by atoms with Gasteiger partial charge < -0.3 is 9.47 Å². The molecule has 22 heavy (non-hydrogen) atoms. The minimum Gasteiger partial charge on any atom is -0.495 e. The van der Waals surface area contributed by atoms with E-state index in [4.69, 9.17) is 9.47 Å². The average Bonchev–Trinajstić information content (AvgIpc) is 2.50. The quantitative estimate of drug-likeness (QED) is 0.593. The van der Waals surface area contributed by atoms with Crippen LogP contribution in [-0.2, 0) is 10.1 Å². The summed E-state index contributed by atoms with van der Waals surface area (Å²) in [6.07, 6.45) is 0. The molecule has 5 nitrogen and oxygen atoms in total. The van der Waals surface area contributed by atoms with E-state index >= 15 is 0 Å². The van der Waals surface area contributed by atoms with Gasteiger partial charge in [-0.25, -0.2) is 0 Å². The molecule has 1 N–H and O–H groups in total. The summed E-state index contributed by atoms with van der Waals surface area (Å²) >= 11 is 0. The molecule has 0 aromatic heterocycles. The maximum atomic E-state index is 11.7. The minimum absolute atomic E-state index is 0.203. The van der Waals surface area contributed by atoms with Crippen molar-refractivity contribution < 1.29 is 22.4 Å². The van der Waals surface area contributed by atoms with Crippen molar-refractivity contribution in [2.75, 3.05) is 14.2 Å². The van der Waals surface area contributed by atoms with Gasteiger partial charge in [0.05, 0.1) is 14.2 Å². The third-order valence-electron chi connectivity index (χ3n) is 3.60. The van der Waals surface area contributed by atoms with E-state index in [0.717, 1.165) is 5.39 Å². The third kappa shape index (κ3) is 2.08. The molecule has 0 spiro atoms. The van der Waals surface area contributed by atoms with Gasteiger partial charge in [0, 0.05) is 21.5 Å². The standard InChI is InChI=1S/C16H14O5S/c1-20-15-10-6-3-4-7-11(10)16(21-2)14-12(15)8-5-9-13(14)22(17,18)19/h3-9H,1-2H3,(H,17,18,19). The highest BCUT2D eigenvalue weighted by molar-refractivity contribution is 7.86. The van der Waals surface area contributed by atoms with Gasteiger partial charge in [0.25, 0.3) is 10.1 Å². The van der Waals surface area contributed by atoms with Crippen molar-refractivity contribution in [3.05, 3.63) is 42.5 Å². The normalized spacial score (nSPS) is 11.8. The molecule has 0 aliphatic rings. The molecule has 0 saturated heterocycles. The summed E-state index contributed by atoms with van der Waals surface area (Å²) in [5, 5.41) is 2.39. The Balaban J connectivity index is 2.68.